The molecule has 0 saturated heterocycles. The molecule has 1 aliphatic carbocycles. The van der Waals surface area contributed by atoms with Gasteiger partial charge in [0.25, 0.3) is 5.91 Å². The number of rotatable bonds is 2. The number of aromatic nitrogens is 2. The molecule has 6 nitrogen and oxygen atoms in total. The summed E-state index contributed by atoms with van der Waals surface area (Å²) < 4.78 is 1.72. The van der Waals surface area contributed by atoms with Gasteiger partial charge in [-0.2, -0.15) is 5.10 Å². The van der Waals surface area contributed by atoms with Gasteiger partial charge in [-0.3, -0.25) is 14.3 Å². The molecule has 4 rings (SSSR count). The summed E-state index contributed by atoms with van der Waals surface area (Å²) in [6, 6.07) is 8.36. The molecule has 2 aromatic rings. The molecule has 2 heterocycles. The van der Waals surface area contributed by atoms with Crippen LogP contribution in [0, 0.1) is 5.92 Å². The van der Waals surface area contributed by atoms with Crippen molar-refractivity contribution >= 4 is 11.8 Å². The van der Waals surface area contributed by atoms with E-state index in [9.17, 15) is 9.59 Å². The minimum absolute atomic E-state index is 0.0187. The number of aryl methyl sites for hydroxylation is 2. The van der Waals surface area contributed by atoms with Crippen molar-refractivity contribution in [2.24, 2.45) is 18.7 Å². The molecule has 1 atom stereocenters. The van der Waals surface area contributed by atoms with Crippen LogP contribution in [0.3, 0.4) is 0 Å². The minimum Gasteiger partial charge on any atom is -0.364 e. The van der Waals surface area contributed by atoms with E-state index in [1.165, 1.54) is 11.1 Å². The predicted molar refractivity (Wildman–Crippen MR) is 92.8 cm³/mol. The van der Waals surface area contributed by atoms with Crippen LogP contribution in [-0.2, 0) is 37.6 Å². The van der Waals surface area contributed by atoms with Crippen molar-refractivity contribution in [2.45, 2.75) is 32.2 Å². The minimum atomic E-state index is -0.530. The summed E-state index contributed by atoms with van der Waals surface area (Å²) in [7, 11) is 1.82. The van der Waals surface area contributed by atoms with Crippen molar-refractivity contribution < 1.29 is 9.59 Å². The number of hydrogen-bond donors (Lipinski definition) is 1. The van der Waals surface area contributed by atoms with Gasteiger partial charge in [0.05, 0.1) is 0 Å². The van der Waals surface area contributed by atoms with Crippen LogP contribution >= 0.6 is 0 Å². The van der Waals surface area contributed by atoms with E-state index in [4.69, 9.17) is 5.73 Å². The molecule has 0 spiro atoms. The Morgan fingerprint density at radius 1 is 1.20 bits per heavy atom. The number of carbonyl (C=O) groups excluding carboxylic acids is 2. The first-order valence-corrected chi connectivity index (χ1v) is 8.74. The second kappa shape index (κ2) is 6.02. The summed E-state index contributed by atoms with van der Waals surface area (Å²) >= 11 is 0. The van der Waals surface area contributed by atoms with Gasteiger partial charge in [0, 0.05) is 43.7 Å². The maximum absolute atomic E-state index is 13.0. The van der Waals surface area contributed by atoms with E-state index in [1.807, 2.05) is 18.0 Å². The summed E-state index contributed by atoms with van der Waals surface area (Å²) in [5.74, 6) is -0.331. The lowest BCUT2D eigenvalue weighted by atomic mass is 9.83. The highest BCUT2D eigenvalue weighted by atomic mass is 16.2. The van der Waals surface area contributed by atoms with Crippen LogP contribution in [0.15, 0.2) is 24.3 Å². The lowest BCUT2D eigenvalue weighted by molar-refractivity contribution is -0.136. The first-order valence-electron chi connectivity index (χ1n) is 8.74. The largest absolute Gasteiger partial charge is 0.364 e. The second-order valence-corrected chi connectivity index (χ2v) is 6.98. The van der Waals surface area contributed by atoms with Gasteiger partial charge in [-0.15, -0.1) is 0 Å². The summed E-state index contributed by atoms with van der Waals surface area (Å²) in [6.07, 6.45) is 3.34. The number of hydrogen-bond acceptors (Lipinski definition) is 3. The molecule has 2 amide bonds. The first kappa shape index (κ1) is 15.9. The van der Waals surface area contributed by atoms with Crippen molar-refractivity contribution in [3.05, 3.63) is 52.3 Å². The molecule has 130 valence electrons. The van der Waals surface area contributed by atoms with E-state index >= 15 is 0 Å². The third-order valence-corrected chi connectivity index (χ3v) is 5.48. The molecule has 1 aliphatic heterocycles. The van der Waals surface area contributed by atoms with Crippen molar-refractivity contribution in [3.8, 4) is 0 Å². The molecule has 2 aliphatic rings. The summed E-state index contributed by atoms with van der Waals surface area (Å²) in [5, 5.41) is 4.23. The Balaban J connectivity index is 1.54. The van der Waals surface area contributed by atoms with E-state index in [0.29, 0.717) is 25.2 Å². The van der Waals surface area contributed by atoms with Crippen molar-refractivity contribution in [1.29, 1.82) is 0 Å². The fraction of sp³-hybridized carbons (Fsp3) is 0.421. The Labute approximate surface area is 146 Å². The number of amides is 2. The molecule has 0 bridgehead atoms. The average Bonchev–Trinajstić information content (AvgIpc) is 2.97. The number of fused-ring (bicyclic) bond motifs is 2. The molecule has 0 fully saturated rings. The van der Waals surface area contributed by atoms with Crippen molar-refractivity contribution in [2.75, 3.05) is 6.54 Å². The third kappa shape index (κ3) is 2.71. The summed E-state index contributed by atoms with van der Waals surface area (Å²) in [6.45, 7) is 1.10. The third-order valence-electron chi connectivity index (χ3n) is 5.48. The Hall–Kier alpha value is -2.63. The molecular formula is C19H22N4O2. The van der Waals surface area contributed by atoms with Crippen LogP contribution in [0.5, 0.6) is 0 Å². The number of carbonyl (C=O) groups is 2. The fourth-order valence-electron chi connectivity index (χ4n) is 4.15. The van der Waals surface area contributed by atoms with Crippen LogP contribution in [0.4, 0.5) is 0 Å². The Morgan fingerprint density at radius 2 is 1.96 bits per heavy atom. The normalized spacial score (nSPS) is 19.2. The van der Waals surface area contributed by atoms with E-state index in [0.717, 1.165) is 30.5 Å². The maximum Gasteiger partial charge on any atom is 0.269 e. The van der Waals surface area contributed by atoms with Crippen LogP contribution in [0.2, 0.25) is 0 Å². The van der Waals surface area contributed by atoms with Gasteiger partial charge in [0.15, 0.2) is 5.69 Å². The van der Waals surface area contributed by atoms with Crippen LogP contribution in [0.25, 0.3) is 0 Å². The fourth-order valence-corrected chi connectivity index (χ4v) is 4.15. The molecule has 0 unspecified atom stereocenters. The summed E-state index contributed by atoms with van der Waals surface area (Å²) in [4.78, 5) is 26.6. The molecular weight excluding hydrogens is 316 g/mol. The first-order chi connectivity index (χ1) is 12.0. The Bertz CT molecular complexity index is 855. The lowest BCUT2D eigenvalue weighted by Gasteiger charge is -2.33. The molecule has 25 heavy (non-hydrogen) atoms. The Kier molecular flexibility index (Phi) is 3.82. The van der Waals surface area contributed by atoms with Crippen molar-refractivity contribution in [1.82, 2.24) is 14.7 Å². The van der Waals surface area contributed by atoms with Gasteiger partial charge in [-0.1, -0.05) is 24.3 Å². The predicted octanol–water partition coefficient (Wildman–Crippen LogP) is 1.21. The lowest BCUT2D eigenvalue weighted by Crippen LogP contribution is -2.42. The highest BCUT2D eigenvalue weighted by Gasteiger charge is 2.33. The highest BCUT2D eigenvalue weighted by molar-refractivity contribution is 5.93. The van der Waals surface area contributed by atoms with Crippen LogP contribution in [0.1, 0.15) is 39.3 Å². The van der Waals surface area contributed by atoms with Gasteiger partial charge in [0.2, 0.25) is 5.91 Å². The van der Waals surface area contributed by atoms with Gasteiger partial charge in [-0.05, 0) is 30.4 Å². The SMILES string of the molecule is Cn1nc(C(N)=O)c2c1CCN(C(=O)[C@H]1CCc3ccccc3C1)C2. The standard InChI is InChI=1S/C19H22N4O2/c1-22-16-8-9-23(11-15(16)17(21-22)18(20)24)19(25)14-7-6-12-4-2-3-5-13(12)10-14/h2-5,14H,6-11H2,1H3,(H2,20,24)/t14-/m0/s1. The highest BCUT2D eigenvalue weighted by Crippen LogP contribution is 2.29. The van der Waals surface area contributed by atoms with Crippen LogP contribution in [-0.4, -0.2) is 33.0 Å². The van der Waals surface area contributed by atoms with Gasteiger partial charge in [0.1, 0.15) is 0 Å². The van der Waals surface area contributed by atoms with E-state index in [-0.39, 0.29) is 11.8 Å². The maximum atomic E-state index is 13.0. The smallest absolute Gasteiger partial charge is 0.269 e. The van der Waals surface area contributed by atoms with Gasteiger partial charge in [-0.25, -0.2) is 0 Å². The quantitative estimate of drug-likeness (QED) is 0.893. The number of primary amides is 1. The van der Waals surface area contributed by atoms with Crippen molar-refractivity contribution in [3.63, 3.8) is 0 Å². The zero-order chi connectivity index (χ0) is 17.6. The van der Waals surface area contributed by atoms with E-state index in [2.05, 4.69) is 23.3 Å². The topological polar surface area (TPSA) is 81.2 Å². The molecule has 2 N–H and O–H groups in total. The molecule has 0 radical (unpaired) electrons. The summed E-state index contributed by atoms with van der Waals surface area (Å²) in [5.41, 5.74) is 10.2. The van der Waals surface area contributed by atoms with Crippen LogP contribution < -0.4 is 5.73 Å². The monoisotopic (exact) mass is 338 g/mol. The van der Waals surface area contributed by atoms with Gasteiger partial charge >= 0.3 is 0 Å². The zero-order valence-corrected chi connectivity index (χ0v) is 14.4. The molecule has 0 saturated carbocycles. The number of nitrogens with zero attached hydrogens (tertiary/aromatic N) is 3. The molecule has 1 aromatic heterocycles. The van der Waals surface area contributed by atoms with E-state index < -0.39 is 5.91 Å². The zero-order valence-electron chi connectivity index (χ0n) is 14.4. The number of nitrogens with two attached hydrogens (primary N) is 1. The molecule has 1 aromatic carbocycles. The van der Waals surface area contributed by atoms with Gasteiger partial charge < -0.3 is 10.6 Å². The second-order valence-electron chi connectivity index (χ2n) is 6.98. The van der Waals surface area contributed by atoms with E-state index in [1.54, 1.807) is 4.68 Å². The Morgan fingerprint density at radius 3 is 2.72 bits per heavy atom. The number of benzene rings is 1. The molecule has 6 heteroatoms. The average molecular weight is 338 g/mol.